The van der Waals surface area contributed by atoms with E-state index in [-0.39, 0.29) is 5.91 Å². The van der Waals surface area contributed by atoms with Crippen molar-refractivity contribution in [2.45, 2.75) is 32.6 Å². The van der Waals surface area contributed by atoms with Gasteiger partial charge in [-0.15, -0.1) is 0 Å². The van der Waals surface area contributed by atoms with Gasteiger partial charge in [-0.25, -0.2) is 4.98 Å². The summed E-state index contributed by atoms with van der Waals surface area (Å²) in [6.07, 6.45) is 8.20. The molecule has 0 N–H and O–H groups in total. The van der Waals surface area contributed by atoms with Crippen LogP contribution in [0.25, 0.3) is 5.69 Å². The summed E-state index contributed by atoms with van der Waals surface area (Å²) < 4.78 is 1.91. The summed E-state index contributed by atoms with van der Waals surface area (Å²) in [7, 11) is 0. The van der Waals surface area contributed by atoms with Gasteiger partial charge in [-0.1, -0.05) is 30.5 Å². The number of likely N-dealkylation sites (tertiary alicyclic amines) is 1. The van der Waals surface area contributed by atoms with E-state index in [4.69, 9.17) is 0 Å². The van der Waals surface area contributed by atoms with Crippen molar-refractivity contribution >= 4 is 5.91 Å². The summed E-state index contributed by atoms with van der Waals surface area (Å²) in [4.78, 5) is 18.7. The van der Waals surface area contributed by atoms with E-state index >= 15 is 0 Å². The molecule has 0 bridgehead atoms. The number of imidazole rings is 1. The fraction of sp³-hybridized carbons (Fsp3) is 0.412. The predicted molar refractivity (Wildman–Crippen MR) is 82.7 cm³/mol. The van der Waals surface area contributed by atoms with E-state index in [0.717, 1.165) is 31.6 Å². The molecule has 2 heterocycles. The largest absolute Gasteiger partial charge is 0.337 e. The molecule has 2 aromatic rings. The maximum atomic E-state index is 12.5. The first kappa shape index (κ1) is 13.9. The summed E-state index contributed by atoms with van der Waals surface area (Å²) in [5.41, 5.74) is 2.79. The highest BCUT2D eigenvalue weighted by molar-refractivity contribution is 5.92. The number of aryl methyl sites for hydroxylation is 1. The Morgan fingerprint density at radius 3 is 2.38 bits per heavy atom. The van der Waals surface area contributed by atoms with Crippen molar-refractivity contribution in [2.24, 2.45) is 0 Å². The monoisotopic (exact) mass is 283 g/mol. The van der Waals surface area contributed by atoms with Gasteiger partial charge in [0.05, 0.1) is 0 Å². The van der Waals surface area contributed by atoms with Crippen molar-refractivity contribution in [3.8, 4) is 5.69 Å². The number of carbonyl (C=O) groups excluding carboxylic acids is 1. The van der Waals surface area contributed by atoms with Crippen LogP contribution >= 0.6 is 0 Å². The van der Waals surface area contributed by atoms with Crippen molar-refractivity contribution in [3.63, 3.8) is 0 Å². The zero-order valence-electron chi connectivity index (χ0n) is 12.5. The molecule has 1 aromatic heterocycles. The summed E-state index contributed by atoms with van der Waals surface area (Å²) in [6, 6.07) is 8.20. The first-order chi connectivity index (χ1) is 10.2. The molecular formula is C17H21N3O. The molecular weight excluding hydrogens is 262 g/mol. The fourth-order valence-corrected chi connectivity index (χ4v) is 2.73. The van der Waals surface area contributed by atoms with Crippen LogP contribution in [-0.4, -0.2) is 33.4 Å². The molecule has 0 aliphatic carbocycles. The average molecular weight is 283 g/mol. The van der Waals surface area contributed by atoms with Crippen LogP contribution in [0.5, 0.6) is 0 Å². The Bertz CT molecular complexity index is 607. The van der Waals surface area contributed by atoms with Gasteiger partial charge in [0.1, 0.15) is 12.0 Å². The molecule has 0 radical (unpaired) electrons. The number of carbonyl (C=O) groups is 1. The highest BCUT2D eigenvalue weighted by Gasteiger charge is 2.19. The number of benzene rings is 1. The standard InChI is InChI=1S/C17H21N3O/c1-14-6-8-15(9-7-14)20-12-16(18-13-20)17(21)19-10-4-2-3-5-11-19/h6-9,12-13H,2-5,10-11H2,1H3. The lowest BCUT2D eigenvalue weighted by Crippen LogP contribution is -2.32. The lowest BCUT2D eigenvalue weighted by atomic mass is 10.2. The van der Waals surface area contributed by atoms with Gasteiger partial charge in [0.25, 0.3) is 5.91 Å². The smallest absolute Gasteiger partial charge is 0.274 e. The Kier molecular flexibility index (Phi) is 4.04. The van der Waals surface area contributed by atoms with Gasteiger partial charge in [0.2, 0.25) is 0 Å². The van der Waals surface area contributed by atoms with Gasteiger partial charge >= 0.3 is 0 Å². The van der Waals surface area contributed by atoms with Crippen LogP contribution < -0.4 is 0 Å². The molecule has 1 fully saturated rings. The Morgan fingerprint density at radius 1 is 1.05 bits per heavy atom. The van der Waals surface area contributed by atoms with Crippen LogP contribution in [0, 0.1) is 6.92 Å². The quantitative estimate of drug-likeness (QED) is 0.849. The molecule has 1 aliphatic rings. The maximum Gasteiger partial charge on any atom is 0.274 e. The third kappa shape index (κ3) is 3.15. The minimum absolute atomic E-state index is 0.0581. The SMILES string of the molecule is Cc1ccc(-n2cnc(C(=O)N3CCCCCC3)c2)cc1. The zero-order valence-corrected chi connectivity index (χ0v) is 12.5. The second-order valence-corrected chi connectivity index (χ2v) is 5.71. The van der Waals surface area contributed by atoms with Crippen LogP contribution in [0.3, 0.4) is 0 Å². The molecule has 1 saturated heterocycles. The number of rotatable bonds is 2. The summed E-state index contributed by atoms with van der Waals surface area (Å²) >= 11 is 0. The average Bonchev–Trinajstić information content (AvgIpc) is 2.83. The third-order valence-electron chi connectivity index (χ3n) is 4.03. The molecule has 3 rings (SSSR count). The highest BCUT2D eigenvalue weighted by Crippen LogP contribution is 2.14. The van der Waals surface area contributed by atoms with E-state index in [2.05, 4.69) is 24.0 Å². The van der Waals surface area contributed by atoms with E-state index in [1.165, 1.54) is 18.4 Å². The Hall–Kier alpha value is -2.10. The summed E-state index contributed by atoms with van der Waals surface area (Å²) in [6.45, 7) is 3.78. The van der Waals surface area contributed by atoms with Crippen molar-refractivity contribution in [3.05, 3.63) is 48.0 Å². The van der Waals surface area contributed by atoms with Crippen molar-refractivity contribution in [1.82, 2.24) is 14.5 Å². The van der Waals surface area contributed by atoms with Gasteiger partial charge in [0.15, 0.2) is 0 Å². The number of amides is 1. The van der Waals surface area contributed by atoms with Crippen molar-refractivity contribution < 1.29 is 4.79 Å². The van der Waals surface area contributed by atoms with Gasteiger partial charge in [-0.3, -0.25) is 4.79 Å². The van der Waals surface area contributed by atoms with Crippen LogP contribution in [0.4, 0.5) is 0 Å². The molecule has 0 spiro atoms. The van der Waals surface area contributed by atoms with E-state index in [0.29, 0.717) is 5.69 Å². The van der Waals surface area contributed by atoms with Crippen molar-refractivity contribution in [2.75, 3.05) is 13.1 Å². The first-order valence-electron chi connectivity index (χ1n) is 7.64. The van der Waals surface area contributed by atoms with Crippen LogP contribution in [0.15, 0.2) is 36.8 Å². The molecule has 21 heavy (non-hydrogen) atoms. The van der Waals surface area contributed by atoms with Gasteiger partial charge in [-0.2, -0.15) is 0 Å². The van der Waals surface area contributed by atoms with Crippen LogP contribution in [-0.2, 0) is 0 Å². The Balaban J connectivity index is 1.77. The van der Waals surface area contributed by atoms with Gasteiger partial charge in [-0.05, 0) is 31.9 Å². The minimum Gasteiger partial charge on any atom is -0.337 e. The molecule has 110 valence electrons. The molecule has 0 unspecified atom stereocenters. The zero-order chi connectivity index (χ0) is 14.7. The molecule has 1 aliphatic heterocycles. The minimum atomic E-state index is 0.0581. The predicted octanol–water partition coefficient (Wildman–Crippen LogP) is 3.20. The van der Waals surface area contributed by atoms with Crippen LogP contribution in [0.1, 0.15) is 41.7 Å². The summed E-state index contributed by atoms with van der Waals surface area (Å²) in [5, 5.41) is 0. The third-order valence-corrected chi connectivity index (χ3v) is 4.03. The normalized spacial score (nSPS) is 15.8. The lowest BCUT2D eigenvalue weighted by molar-refractivity contribution is 0.0756. The fourth-order valence-electron chi connectivity index (χ4n) is 2.73. The molecule has 0 atom stereocenters. The van der Waals surface area contributed by atoms with Crippen LogP contribution in [0.2, 0.25) is 0 Å². The topological polar surface area (TPSA) is 38.1 Å². The van der Waals surface area contributed by atoms with Gasteiger partial charge in [0, 0.05) is 25.0 Å². The van der Waals surface area contributed by atoms with Crippen molar-refractivity contribution in [1.29, 1.82) is 0 Å². The molecule has 4 nitrogen and oxygen atoms in total. The van der Waals surface area contributed by atoms with E-state index < -0.39 is 0 Å². The number of aromatic nitrogens is 2. The molecule has 0 saturated carbocycles. The highest BCUT2D eigenvalue weighted by atomic mass is 16.2. The number of hydrogen-bond acceptors (Lipinski definition) is 2. The summed E-state index contributed by atoms with van der Waals surface area (Å²) in [5.74, 6) is 0.0581. The first-order valence-corrected chi connectivity index (χ1v) is 7.64. The maximum absolute atomic E-state index is 12.5. The molecule has 4 heteroatoms. The number of nitrogens with zero attached hydrogens (tertiary/aromatic N) is 3. The second-order valence-electron chi connectivity index (χ2n) is 5.71. The van der Waals surface area contributed by atoms with Gasteiger partial charge < -0.3 is 9.47 Å². The molecule has 1 amide bonds. The number of hydrogen-bond donors (Lipinski definition) is 0. The Labute approximate surface area is 125 Å². The molecule has 1 aromatic carbocycles. The van der Waals surface area contributed by atoms with E-state index in [1.807, 2.05) is 27.8 Å². The van der Waals surface area contributed by atoms with E-state index in [9.17, 15) is 4.79 Å². The van der Waals surface area contributed by atoms with E-state index in [1.54, 1.807) is 6.33 Å². The Morgan fingerprint density at radius 2 is 1.71 bits per heavy atom. The second kappa shape index (κ2) is 6.12. The lowest BCUT2D eigenvalue weighted by Gasteiger charge is -2.18.